The van der Waals surface area contributed by atoms with Gasteiger partial charge in [0.15, 0.2) is 0 Å². The lowest BCUT2D eigenvalue weighted by Crippen LogP contribution is -1.79. The molecule has 0 saturated heterocycles. The maximum atomic E-state index is 5.01. The van der Waals surface area contributed by atoms with Crippen molar-refractivity contribution in [2.75, 3.05) is 0 Å². The highest BCUT2D eigenvalue weighted by molar-refractivity contribution is 8.68. The van der Waals surface area contributed by atoms with Crippen LogP contribution in [0.3, 0.4) is 0 Å². The lowest BCUT2D eigenvalue weighted by molar-refractivity contribution is 1.45. The van der Waals surface area contributed by atoms with Gasteiger partial charge in [0.1, 0.15) is 0 Å². The predicted octanol–water partition coefficient (Wildman–Crippen LogP) is 4.36. The van der Waals surface area contributed by atoms with Crippen LogP contribution in [0, 0.1) is 6.07 Å². The number of hydrogen-bond donors (Lipinski definition) is 0. The molecule has 0 bridgehead atoms. The van der Waals surface area contributed by atoms with E-state index in [-0.39, 0.29) is 0 Å². The highest BCUT2D eigenvalue weighted by Crippen LogP contribution is 2.32. The van der Waals surface area contributed by atoms with Crippen molar-refractivity contribution in [1.29, 1.82) is 0 Å². The minimum Gasteiger partial charge on any atom is -0.0616 e. The van der Waals surface area contributed by atoms with Gasteiger partial charge in [0, 0.05) is 4.90 Å². The Morgan fingerprint density at radius 2 is 1.79 bits per heavy atom. The molecule has 14 heavy (non-hydrogen) atoms. The highest BCUT2D eigenvalue weighted by Gasteiger charge is 2.02. The topological polar surface area (TPSA) is 0 Å². The summed E-state index contributed by atoms with van der Waals surface area (Å²) in [5.41, 5.74) is 2.26. The van der Waals surface area contributed by atoms with Gasteiger partial charge in [-0.1, -0.05) is 42.5 Å². The van der Waals surface area contributed by atoms with Gasteiger partial charge in [0.05, 0.1) is 0 Å². The molecule has 0 nitrogen and oxygen atoms in total. The zero-order chi connectivity index (χ0) is 9.80. The molecule has 2 radical (unpaired) electrons. The number of hydrogen-bond acceptors (Lipinski definition) is 1. The van der Waals surface area contributed by atoms with Crippen molar-refractivity contribution in [2.24, 2.45) is 0 Å². The van der Waals surface area contributed by atoms with E-state index >= 15 is 0 Å². The van der Waals surface area contributed by atoms with Gasteiger partial charge in [-0.25, -0.2) is 0 Å². The maximum absolute atomic E-state index is 5.01. The van der Waals surface area contributed by atoms with Crippen LogP contribution in [0.25, 0.3) is 11.1 Å². The average Bonchev–Trinajstić information content (AvgIpc) is 2.30. The molecule has 2 rings (SSSR count). The van der Waals surface area contributed by atoms with E-state index in [2.05, 4.69) is 12.1 Å². The van der Waals surface area contributed by atoms with Crippen LogP contribution in [0.5, 0.6) is 0 Å². The molecule has 0 amide bonds. The Kier molecular flexibility index (Phi) is 3.17. The third kappa shape index (κ3) is 1.97. The molecule has 0 N–H and O–H groups in total. The van der Waals surface area contributed by atoms with Gasteiger partial charge in [-0.15, -0.1) is 0 Å². The summed E-state index contributed by atoms with van der Waals surface area (Å²) < 4.78 is 0. The average molecular weight is 216 g/mol. The quantitative estimate of drug-likeness (QED) is 0.672. The molecule has 68 valence electrons. The third-order valence-electron chi connectivity index (χ3n) is 1.98. The Labute approximate surface area is 93.2 Å². The molecule has 0 heterocycles. The van der Waals surface area contributed by atoms with Crippen molar-refractivity contribution in [3.63, 3.8) is 0 Å². The van der Waals surface area contributed by atoms with Crippen molar-refractivity contribution in [2.45, 2.75) is 4.90 Å². The van der Waals surface area contributed by atoms with Crippen molar-refractivity contribution in [3.8, 4) is 11.1 Å². The Bertz CT molecular complexity index is 410. The lowest BCUT2D eigenvalue weighted by Gasteiger charge is -2.04. The van der Waals surface area contributed by atoms with Crippen LogP contribution in [0.15, 0.2) is 53.4 Å². The first-order valence-electron chi connectivity index (χ1n) is 4.28. The first kappa shape index (κ1) is 9.69. The van der Waals surface area contributed by atoms with Crippen LogP contribution in [0.4, 0.5) is 0 Å². The van der Waals surface area contributed by atoms with Crippen LogP contribution in [-0.2, 0) is 0 Å². The minimum atomic E-state index is 1.10. The molecular weight excluding hydrogens is 208 g/mol. The zero-order valence-corrected chi connectivity index (χ0v) is 9.07. The van der Waals surface area contributed by atoms with Gasteiger partial charge in [0.25, 0.3) is 0 Å². The van der Waals surface area contributed by atoms with Gasteiger partial charge < -0.3 is 0 Å². The van der Waals surface area contributed by atoms with Gasteiger partial charge in [0.2, 0.25) is 0 Å². The molecule has 0 atom stereocenters. The summed E-state index contributed by atoms with van der Waals surface area (Å²) in [5.74, 6) is 0. The summed E-state index contributed by atoms with van der Waals surface area (Å²) in [6.07, 6.45) is 0. The Morgan fingerprint density at radius 3 is 2.50 bits per heavy atom. The van der Waals surface area contributed by atoms with Gasteiger partial charge in [-0.2, -0.15) is 0 Å². The molecule has 2 aromatic carbocycles. The van der Waals surface area contributed by atoms with Crippen molar-refractivity contribution < 1.29 is 0 Å². The SMILES string of the molecule is [S]Sc1ccccc1-c1[c]cccc1. The fraction of sp³-hybridized carbons (Fsp3) is 0. The number of benzene rings is 2. The van der Waals surface area contributed by atoms with Crippen molar-refractivity contribution >= 4 is 22.5 Å². The summed E-state index contributed by atoms with van der Waals surface area (Å²) >= 11 is 5.01. The monoisotopic (exact) mass is 216 g/mol. The first-order valence-corrected chi connectivity index (χ1v) is 6.02. The standard InChI is InChI=1S/C12H8S2/c13-14-12-9-5-4-8-11(12)10-6-2-1-3-7-10/h1-6,8-9H. The van der Waals surface area contributed by atoms with Gasteiger partial charge in [-0.05, 0) is 45.7 Å². The summed E-state index contributed by atoms with van der Waals surface area (Å²) in [6, 6.07) is 19.3. The van der Waals surface area contributed by atoms with Crippen molar-refractivity contribution in [1.82, 2.24) is 0 Å². The molecule has 0 aliphatic heterocycles. The fourth-order valence-corrected chi connectivity index (χ4v) is 2.16. The molecule has 0 aliphatic carbocycles. The largest absolute Gasteiger partial charge is 0.0616 e. The van der Waals surface area contributed by atoms with Crippen LogP contribution >= 0.6 is 22.5 Å². The Hall–Kier alpha value is -0.860. The molecule has 0 spiro atoms. The fourth-order valence-electron chi connectivity index (χ4n) is 1.32. The van der Waals surface area contributed by atoms with Crippen LogP contribution in [-0.4, -0.2) is 0 Å². The van der Waals surface area contributed by atoms with E-state index < -0.39 is 0 Å². The molecule has 0 saturated carbocycles. The van der Waals surface area contributed by atoms with Crippen molar-refractivity contribution in [3.05, 3.63) is 54.6 Å². The normalized spacial score (nSPS) is 10.1. The second kappa shape index (κ2) is 4.58. The molecule has 0 aromatic heterocycles. The van der Waals surface area contributed by atoms with Crippen LogP contribution in [0.2, 0.25) is 0 Å². The zero-order valence-electron chi connectivity index (χ0n) is 7.44. The van der Waals surface area contributed by atoms with Crippen LogP contribution < -0.4 is 0 Å². The molecule has 2 aromatic rings. The molecule has 0 fully saturated rings. The van der Waals surface area contributed by atoms with E-state index in [1.54, 1.807) is 0 Å². The third-order valence-corrected chi connectivity index (χ3v) is 3.05. The Balaban J connectivity index is 2.51. The van der Waals surface area contributed by atoms with E-state index in [0.29, 0.717) is 0 Å². The lowest BCUT2D eigenvalue weighted by atomic mass is 10.1. The van der Waals surface area contributed by atoms with Crippen LogP contribution in [0.1, 0.15) is 0 Å². The summed E-state index contributed by atoms with van der Waals surface area (Å²) in [5, 5.41) is 0. The smallest absolute Gasteiger partial charge is 0.0270 e. The van der Waals surface area contributed by atoms with Gasteiger partial charge >= 0.3 is 0 Å². The van der Waals surface area contributed by atoms with E-state index in [1.807, 2.05) is 42.5 Å². The van der Waals surface area contributed by atoms with E-state index in [1.165, 1.54) is 10.8 Å². The second-order valence-corrected chi connectivity index (χ2v) is 3.96. The summed E-state index contributed by atoms with van der Waals surface area (Å²) in [7, 11) is 1.35. The molecular formula is C12H8S2. The summed E-state index contributed by atoms with van der Waals surface area (Å²) in [4.78, 5) is 1.12. The van der Waals surface area contributed by atoms with E-state index in [0.717, 1.165) is 16.0 Å². The molecule has 0 aliphatic rings. The molecule has 2 heteroatoms. The second-order valence-electron chi connectivity index (χ2n) is 2.86. The molecule has 0 unspecified atom stereocenters. The van der Waals surface area contributed by atoms with Gasteiger partial charge in [-0.3, -0.25) is 0 Å². The highest BCUT2D eigenvalue weighted by atomic mass is 33.1. The summed E-state index contributed by atoms with van der Waals surface area (Å²) in [6.45, 7) is 0. The number of rotatable bonds is 2. The van der Waals surface area contributed by atoms with E-state index in [9.17, 15) is 0 Å². The van der Waals surface area contributed by atoms with E-state index in [4.69, 9.17) is 11.7 Å². The first-order chi connectivity index (χ1) is 6.92. The predicted molar refractivity (Wildman–Crippen MR) is 64.2 cm³/mol. The minimum absolute atomic E-state index is 1.10. The Morgan fingerprint density at radius 1 is 1.00 bits per heavy atom. The maximum Gasteiger partial charge on any atom is 0.0270 e.